The van der Waals surface area contributed by atoms with Gasteiger partial charge >= 0.3 is 0 Å². The Labute approximate surface area is 67.6 Å². The van der Waals surface area contributed by atoms with E-state index in [1.807, 2.05) is 12.1 Å². The third-order valence-electron chi connectivity index (χ3n) is 1.52. The van der Waals surface area contributed by atoms with Crippen LogP contribution in [0.3, 0.4) is 0 Å². The molecule has 2 aromatic rings. The maximum absolute atomic E-state index is 10.4. The molecule has 3 heteroatoms. The number of carbonyl (C=O) groups is 1. The molecule has 0 spiro atoms. The van der Waals surface area contributed by atoms with Gasteiger partial charge in [0.1, 0.15) is 6.29 Å². The van der Waals surface area contributed by atoms with Gasteiger partial charge < -0.3 is 0 Å². The fraction of sp³-hybridized carbons (Fsp3) is 0. The smallest absolute Gasteiger partial charge is 0.150 e. The van der Waals surface area contributed by atoms with Gasteiger partial charge in [-0.15, -0.1) is 0 Å². The first-order chi connectivity index (χ1) is 5.40. The van der Waals surface area contributed by atoms with E-state index >= 15 is 0 Å². The molecule has 0 aliphatic rings. The summed E-state index contributed by atoms with van der Waals surface area (Å²) in [7, 11) is 0. The van der Waals surface area contributed by atoms with Gasteiger partial charge in [0.05, 0.1) is 4.70 Å². The van der Waals surface area contributed by atoms with Gasteiger partial charge in [-0.1, -0.05) is 12.1 Å². The standard InChI is InChI=1S/C8H5NOS/c10-5-6-1-2-7-4-9-11-8(7)3-6/h1-5H. The van der Waals surface area contributed by atoms with E-state index in [0.29, 0.717) is 5.56 Å². The van der Waals surface area contributed by atoms with Crippen LogP contribution in [0.4, 0.5) is 0 Å². The lowest BCUT2D eigenvalue weighted by atomic mass is 10.2. The van der Waals surface area contributed by atoms with E-state index in [1.54, 1.807) is 12.3 Å². The Hall–Kier alpha value is -1.22. The monoisotopic (exact) mass is 163 g/mol. The molecule has 0 saturated heterocycles. The van der Waals surface area contributed by atoms with Gasteiger partial charge in [0.2, 0.25) is 0 Å². The van der Waals surface area contributed by atoms with Crippen LogP contribution in [0.15, 0.2) is 24.4 Å². The lowest BCUT2D eigenvalue weighted by Crippen LogP contribution is -1.75. The van der Waals surface area contributed by atoms with E-state index < -0.39 is 0 Å². The fourth-order valence-corrected chi connectivity index (χ4v) is 1.64. The lowest BCUT2D eigenvalue weighted by Gasteiger charge is -1.87. The molecule has 11 heavy (non-hydrogen) atoms. The molecule has 0 N–H and O–H groups in total. The minimum Gasteiger partial charge on any atom is -0.298 e. The first kappa shape index (κ1) is 6.49. The summed E-state index contributed by atoms with van der Waals surface area (Å²) in [5.74, 6) is 0. The summed E-state index contributed by atoms with van der Waals surface area (Å²) in [6.07, 6.45) is 2.65. The van der Waals surface area contributed by atoms with Crippen LogP contribution in [0.2, 0.25) is 0 Å². The van der Waals surface area contributed by atoms with Crippen LogP contribution in [0, 0.1) is 0 Å². The first-order valence-electron chi connectivity index (χ1n) is 3.20. The molecule has 0 atom stereocenters. The number of rotatable bonds is 1. The van der Waals surface area contributed by atoms with Crippen molar-refractivity contribution >= 4 is 27.9 Å². The summed E-state index contributed by atoms with van der Waals surface area (Å²) >= 11 is 1.41. The molecule has 0 unspecified atom stereocenters. The van der Waals surface area contributed by atoms with E-state index in [2.05, 4.69) is 4.37 Å². The summed E-state index contributed by atoms with van der Waals surface area (Å²) in [5.41, 5.74) is 0.710. The lowest BCUT2D eigenvalue weighted by molar-refractivity contribution is 0.112. The van der Waals surface area contributed by atoms with Crippen LogP contribution in [0.5, 0.6) is 0 Å². The van der Waals surface area contributed by atoms with Crippen molar-refractivity contribution in [1.29, 1.82) is 0 Å². The number of hydrogen-bond acceptors (Lipinski definition) is 3. The second-order valence-electron chi connectivity index (χ2n) is 2.24. The molecule has 54 valence electrons. The van der Waals surface area contributed by atoms with Crippen LogP contribution in [0.1, 0.15) is 10.4 Å². The number of hydrogen-bond donors (Lipinski definition) is 0. The zero-order valence-electron chi connectivity index (χ0n) is 5.65. The zero-order valence-corrected chi connectivity index (χ0v) is 6.47. The van der Waals surface area contributed by atoms with Gasteiger partial charge in [-0.25, -0.2) is 0 Å². The number of aromatic nitrogens is 1. The molecule has 0 aliphatic carbocycles. The zero-order chi connectivity index (χ0) is 7.68. The predicted octanol–water partition coefficient (Wildman–Crippen LogP) is 2.11. The SMILES string of the molecule is O=Cc1ccc2cnsc2c1. The van der Waals surface area contributed by atoms with Crippen LogP contribution in [0.25, 0.3) is 10.1 Å². The highest BCUT2D eigenvalue weighted by molar-refractivity contribution is 7.13. The third kappa shape index (κ3) is 1.03. The maximum atomic E-state index is 10.4. The molecule has 2 nitrogen and oxygen atoms in total. The molecule has 2 rings (SSSR count). The summed E-state index contributed by atoms with van der Waals surface area (Å²) in [6, 6.07) is 5.55. The minimum atomic E-state index is 0.710. The first-order valence-corrected chi connectivity index (χ1v) is 3.97. The number of nitrogens with zero attached hydrogens (tertiary/aromatic N) is 1. The highest BCUT2D eigenvalue weighted by Gasteiger charge is 1.95. The van der Waals surface area contributed by atoms with Crippen molar-refractivity contribution in [3.63, 3.8) is 0 Å². The summed E-state index contributed by atoms with van der Waals surface area (Å²) in [5, 5.41) is 1.10. The predicted molar refractivity (Wildman–Crippen MR) is 45.0 cm³/mol. The van der Waals surface area contributed by atoms with Gasteiger partial charge in [-0.3, -0.25) is 4.79 Å². The van der Waals surface area contributed by atoms with E-state index in [0.717, 1.165) is 16.4 Å². The van der Waals surface area contributed by atoms with Crippen molar-refractivity contribution in [2.24, 2.45) is 0 Å². The molecule has 0 fully saturated rings. The van der Waals surface area contributed by atoms with E-state index in [9.17, 15) is 4.79 Å². The number of benzene rings is 1. The Morgan fingerprint density at radius 2 is 2.36 bits per heavy atom. The molecular weight excluding hydrogens is 158 g/mol. The van der Waals surface area contributed by atoms with Crippen molar-refractivity contribution in [2.45, 2.75) is 0 Å². The van der Waals surface area contributed by atoms with E-state index in [4.69, 9.17) is 0 Å². The molecule has 0 bridgehead atoms. The molecule has 0 aliphatic heterocycles. The van der Waals surface area contributed by atoms with Crippen LogP contribution in [-0.2, 0) is 0 Å². The van der Waals surface area contributed by atoms with Gasteiger partial charge in [-0.2, -0.15) is 4.37 Å². The van der Waals surface area contributed by atoms with Crippen LogP contribution in [-0.4, -0.2) is 10.7 Å². The molecule has 0 radical (unpaired) electrons. The van der Waals surface area contributed by atoms with Crippen molar-refractivity contribution in [1.82, 2.24) is 4.37 Å². The Morgan fingerprint density at radius 3 is 3.18 bits per heavy atom. The van der Waals surface area contributed by atoms with Crippen molar-refractivity contribution in [2.75, 3.05) is 0 Å². The molecule has 0 amide bonds. The van der Waals surface area contributed by atoms with Crippen molar-refractivity contribution < 1.29 is 4.79 Å². The third-order valence-corrected chi connectivity index (χ3v) is 2.28. The Morgan fingerprint density at radius 1 is 1.45 bits per heavy atom. The summed E-state index contributed by atoms with van der Waals surface area (Å²) in [4.78, 5) is 10.4. The van der Waals surface area contributed by atoms with Gasteiger partial charge in [0, 0.05) is 17.1 Å². The molecule has 1 aromatic heterocycles. The fourth-order valence-electron chi connectivity index (χ4n) is 0.950. The average molecular weight is 163 g/mol. The molecule has 1 heterocycles. The number of fused-ring (bicyclic) bond motifs is 1. The highest BCUT2D eigenvalue weighted by atomic mass is 32.1. The molecular formula is C8H5NOS. The highest BCUT2D eigenvalue weighted by Crippen LogP contribution is 2.18. The van der Waals surface area contributed by atoms with E-state index in [1.165, 1.54) is 11.5 Å². The van der Waals surface area contributed by atoms with E-state index in [-0.39, 0.29) is 0 Å². The Kier molecular flexibility index (Phi) is 1.43. The second kappa shape index (κ2) is 2.43. The molecule has 0 saturated carbocycles. The van der Waals surface area contributed by atoms with Gasteiger partial charge in [0.25, 0.3) is 0 Å². The second-order valence-corrected chi connectivity index (χ2v) is 3.07. The Balaban J connectivity index is 2.76. The minimum absolute atomic E-state index is 0.710. The molecule has 1 aromatic carbocycles. The van der Waals surface area contributed by atoms with Crippen molar-refractivity contribution in [3.05, 3.63) is 30.0 Å². The quantitative estimate of drug-likeness (QED) is 0.602. The summed E-state index contributed by atoms with van der Waals surface area (Å²) in [6.45, 7) is 0. The topological polar surface area (TPSA) is 30.0 Å². The van der Waals surface area contributed by atoms with Crippen LogP contribution >= 0.6 is 11.5 Å². The largest absolute Gasteiger partial charge is 0.298 e. The normalized spacial score (nSPS) is 10.2. The van der Waals surface area contributed by atoms with Gasteiger partial charge in [-0.05, 0) is 17.6 Å². The van der Waals surface area contributed by atoms with Gasteiger partial charge in [0.15, 0.2) is 0 Å². The number of carbonyl (C=O) groups excluding carboxylic acids is 1. The van der Waals surface area contributed by atoms with Crippen LogP contribution < -0.4 is 0 Å². The number of aldehydes is 1. The Bertz CT molecular complexity index is 394. The van der Waals surface area contributed by atoms with Crippen molar-refractivity contribution in [3.8, 4) is 0 Å². The average Bonchev–Trinajstić information content (AvgIpc) is 2.50. The maximum Gasteiger partial charge on any atom is 0.150 e. The summed E-state index contributed by atoms with van der Waals surface area (Å²) < 4.78 is 5.07.